The fourth-order valence-corrected chi connectivity index (χ4v) is 6.30. The van der Waals surface area contributed by atoms with Gasteiger partial charge in [0.25, 0.3) is 0 Å². The van der Waals surface area contributed by atoms with Gasteiger partial charge in [-0.2, -0.15) is 4.31 Å². The highest BCUT2D eigenvalue weighted by molar-refractivity contribution is 7.89. The number of rotatable bonds is 5. The Morgan fingerprint density at radius 2 is 1.74 bits per heavy atom. The summed E-state index contributed by atoms with van der Waals surface area (Å²) in [5, 5.41) is 0. The molecule has 2 aromatic carbocycles. The van der Waals surface area contributed by atoms with Crippen molar-refractivity contribution in [2.45, 2.75) is 49.8 Å². The minimum Gasteiger partial charge on any atom is -0.294 e. The lowest BCUT2D eigenvalue weighted by Gasteiger charge is -2.32. The highest BCUT2D eigenvalue weighted by atomic mass is 32.2. The molecule has 5 nitrogen and oxygen atoms in total. The molecule has 2 aliphatic rings. The predicted octanol–water partition coefficient (Wildman–Crippen LogP) is 4.30. The zero-order valence-corrected chi connectivity index (χ0v) is 18.6. The average Bonchev–Trinajstić information content (AvgIpc) is 3.24. The molecule has 31 heavy (non-hydrogen) atoms. The number of pyridine rings is 1. The van der Waals surface area contributed by atoms with Crippen LogP contribution < -0.4 is 0 Å². The van der Waals surface area contributed by atoms with Crippen LogP contribution in [0.1, 0.15) is 46.8 Å². The van der Waals surface area contributed by atoms with Crippen LogP contribution in [0.15, 0.2) is 71.8 Å². The molecule has 1 atom stereocenters. The molecule has 2 heterocycles. The maximum absolute atomic E-state index is 13.3. The van der Waals surface area contributed by atoms with Crippen molar-refractivity contribution in [1.82, 2.24) is 14.2 Å². The number of fused-ring (bicyclic) bond motifs is 2. The molecule has 3 aromatic rings. The summed E-state index contributed by atoms with van der Waals surface area (Å²) in [6.45, 7) is 1.56. The maximum Gasteiger partial charge on any atom is 0.243 e. The van der Waals surface area contributed by atoms with Gasteiger partial charge in [-0.3, -0.25) is 9.88 Å². The van der Waals surface area contributed by atoms with Gasteiger partial charge < -0.3 is 0 Å². The minimum atomic E-state index is -3.54. The van der Waals surface area contributed by atoms with Crippen LogP contribution in [0.2, 0.25) is 0 Å². The number of hydrogen-bond acceptors (Lipinski definition) is 4. The van der Waals surface area contributed by atoms with Gasteiger partial charge in [0, 0.05) is 25.8 Å². The summed E-state index contributed by atoms with van der Waals surface area (Å²) in [5.41, 5.74) is 5.67. The van der Waals surface area contributed by atoms with Crippen molar-refractivity contribution in [3.8, 4) is 0 Å². The SMILES string of the molecule is CN(Cc1cccc(S(=O)(=O)N2Cc3ccccc3C2)c1)C1CCCc2cccnc21. The van der Waals surface area contributed by atoms with Crippen molar-refractivity contribution >= 4 is 10.0 Å². The fraction of sp³-hybridized carbons (Fsp3) is 0.320. The molecule has 0 amide bonds. The molecule has 0 fully saturated rings. The molecule has 1 unspecified atom stereocenters. The summed E-state index contributed by atoms with van der Waals surface area (Å²) in [5.74, 6) is 0. The molecule has 5 rings (SSSR count). The van der Waals surface area contributed by atoms with E-state index < -0.39 is 10.0 Å². The lowest BCUT2D eigenvalue weighted by molar-refractivity contribution is 0.208. The first kappa shape index (κ1) is 20.4. The maximum atomic E-state index is 13.3. The zero-order valence-electron chi connectivity index (χ0n) is 17.7. The molecule has 6 heteroatoms. The summed E-state index contributed by atoms with van der Waals surface area (Å²) < 4.78 is 28.2. The van der Waals surface area contributed by atoms with E-state index in [1.54, 1.807) is 10.4 Å². The van der Waals surface area contributed by atoms with Gasteiger partial charge in [-0.25, -0.2) is 8.42 Å². The third-order valence-electron chi connectivity index (χ3n) is 6.48. The number of hydrogen-bond donors (Lipinski definition) is 0. The predicted molar refractivity (Wildman–Crippen MR) is 121 cm³/mol. The van der Waals surface area contributed by atoms with Crippen molar-refractivity contribution in [2.75, 3.05) is 7.05 Å². The summed E-state index contributed by atoms with van der Waals surface area (Å²) >= 11 is 0. The second-order valence-electron chi connectivity index (χ2n) is 8.56. The second kappa shape index (κ2) is 8.19. The van der Waals surface area contributed by atoms with Crippen LogP contribution in [0.5, 0.6) is 0 Å². The Kier molecular flexibility index (Phi) is 5.38. The molecule has 1 aliphatic carbocycles. The van der Waals surface area contributed by atoms with Gasteiger partial charge in [0.1, 0.15) is 0 Å². The molecule has 0 N–H and O–H groups in total. The first-order valence-corrected chi connectivity index (χ1v) is 12.3. The number of aryl methyl sites for hydroxylation is 1. The number of sulfonamides is 1. The van der Waals surface area contributed by atoms with Crippen LogP contribution in [0.4, 0.5) is 0 Å². The lowest BCUT2D eigenvalue weighted by Crippen LogP contribution is -2.29. The highest BCUT2D eigenvalue weighted by Crippen LogP contribution is 2.33. The number of aromatic nitrogens is 1. The molecule has 0 spiro atoms. The van der Waals surface area contributed by atoms with E-state index in [-0.39, 0.29) is 6.04 Å². The van der Waals surface area contributed by atoms with Gasteiger partial charge in [0.2, 0.25) is 10.0 Å². The summed E-state index contributed by atoms with van der Waals surface area (Å²) in [6, 6.07) is 19.8. The van der Waals surface area contributed by atoms with Gasteiger partial charge >= 0.3 is 0 Å². The molecule has 1 aromatic heterocycles. The van der Waals surface area contributed by atoms with E-state index >= 15 is 0 Å². The second-order valence-corrected chi connectivity index (χ2v) is 10.5. The minimum absolute atomic E-state index is 0.262. The van der Waals surface area contributed by atoms with E-state index in [0.29, 0.717) is 24.5 Å². The largest absolute Gasteiger partial charge is 0.294 e. The van der Waals surface area contributed by atoms with Crippen molar-refractivity contribution in [3.05, 3.63) is 94.8 Å². The third kappa shape index (κ3) is 3.91. The summed E-state index contributed by atoms with van der Waals surface area (Å²) in [6.07, 6.45) is 5.17. The normalized spacial score (nSPS) is 18.7. The standard InChI is InChI=1S/C25H27N3O2S/c1-27(24-13-5-10-20-11-6-14-26-25(20)24)16-19-7-4-12-23(15-19)31(29,30)28-17-21-8-2-3-9-22(21)18-28/h2-4,6-9,11-12,14-15,24H,5,10,13,16-18H2,1H3. The van der Waals surface area contributed by atoms with Crippen molar-refractivity contribution in [2.24, 2.45) is 0 Å². The molecule has 0 bridgehead atoms. The summed E-state index contributed by atoms with van der Waals surface area (Å²) in [4.78, 5) is 7.31. The Hall–Kier alpha value is -2.54. The third-order valence-corrected chi connectivity index (χ3v) is 8.27. The van der Waals surface area contributed by atoms with Crippen molar-refractivity contribution < 1.29 is 8.42 Å². The van der Waals surface area contributed by atoms with Gasteiger partial charge in [-0.05, 0) is 66.8 Å². The zero-order chi connectivity index (χ0) is 21.4. The van der Waals surface area contributed by atoms with E-state index in [2.05, 4.69) is 23.0 Å². The monoisotopic (exact) mass is 433 g/mol. The molecule has 0 saturated carbocycles. The van der Waals surface area contributed by atoms with Crippen LogP contribution in [-0.2, 0) is 36.1 Å². The Bertz CT molecular complexity index is 1180. The molecule has 0 saturated heterocycles. The fourth-order valence-electron chi connectivity index (χ4n) is 4.84. The molecule has 160 valence electrons. The Morgan fingerprint density at radius 1 is 1.00 bits per heavy atom. The Balaban J connectivity index is 1.35. The molecular formula is C25H27N3O2S. The highest BCUT2D eigenvalue weighted by Gasteiger charge is 2.31. The van der Waals surface area contributed by atoms with Crippen LogP contribution in [0.25, 0.3) is 0 Å². The smallest absolute Gasteiger partial charge is 0.243 e. The van der Waals surface area contributed by atoms with Crippen molar-refractivity contribution in [3.63, 3.8) is 0 Å². The van der Waals surface area contributed by atoms with Crippen LogP contribution >= 0.6 is 0 Å². The first-order chi connectivity index (χ1) is 15.0. The van der Waals surface area contributed by atoms with E-state index in [9.17, 15) is 8.42 Å². The topological polar surface area (TPSA) is 53.5 Å². The van der Waals surface area contributed by atoms with Gasteiger partial charge in [-0.1, -0.05) is 42.5 Å². The van der Waals surface area contributed by atoms with Crippen molar-refractivity contribution in [1.29, 1.82) is 0 Å². The van der Waals surface area contributed by atoms with E-state index in [1.165, 1.54) is 5.56 Å². The molecular weight excluding hydrogens is 406 g/mol. The number of benzene rings is 2. The first-order valence-electron chi connectivity index (χ1n) is 10.8. The summed E-state index contributed by atoms with van der Waals surface area (Å²) in [7, 11) is -1.43. The van der Waals surface area contributed by atoms with E-state index in [0.717, 1.165) is 41.6 Å². The van der Waals surface area contributed by atoms with Crippen LogP contribution in [-0.4, -0.2) is 29.7 Å². The van der Waals surface area contributed by atoms with Gasteiger partial charge in [0.15, 0.2) is 0 Å². The Morgan fingerprint density at radius 3 is 2.52 bits per heavy atom. The van der Waals surface area contributed by atoms with Crippen LogP contribution in [0.3, 0.4) is 0 Å². The molecule has 1 aliphatic heterocycles. The van der Waals surface area contributed by atoms with E-state index in [4.69, 9.17) is 0 Å². The van der Waals surface area contributed by atoms with Crippen LogP contribution in [0, 0.1) is 0 Å². The number of nitrogens with zero attached hydrogens (tertiary/aromatic N) is 3. The Labute approximate surface area is 184 Å². The van der Waals surface area contributed by atoms with Gasteiger partial charge in [-0.15, -0.1) is 0 Å². The lowest BCUT2D eigenvalue weighted by atomic mass is 9.91. The van der Waals surface area contributed by atoms with Gasteiger partial charge in [0.05, 0.1) is 16.6 Å². The quantitative estimate of drug-likeness (QED) is 0.602. The molecule has 0 radical (unpaired) electrons. The average molecular weight is 434 g/mol. The van der Waals surface area contributed by atoms with E-state index in [1.807, 2.05) is 54.7 Å².